The Morgan fingerprint density at radius 1 is 1.13 bits per heavy atom. The summed E-state index contributed by atoms with van der Waals surface area (Å²) in [6.07, 6.45) is 4.94. The van der Waals surface area contributed by atoms with Crippen molar-refractivity contribution in [2.45, 2.75) is 0 Å². The quantitative estimate of drug-likeness (QED) is 0.751. The smallest absolute Gasteiger partial charge is 0.141 e. The first-order valence-corrected chi connectivity index (χ1v) is 4.38. The van der Waals surface area contributed by atoms with Crippen molar-refractivity contribution in [3.05, 3.63) is 42.4 Å². The lowest BCUT2D eigenvalue weighted by Gasteiger charge is -2.04. The number of rotatable bonds is 1. The SMILES string of the molecule is N#Cc1c(-c2ccncc2)ccnc1N. The fourth-order valence-corrected chi connectivity index (χ4v) is 1.37. The van der Waals surface area contributed by atoms with Gasteiger partial charge >= 0.3 is 0 Å². The van der Waals surface area contributed by atoms with Crippen LogP contribution in [0.5, 0.6) is 0 Å². The minimum absolute atomic E-state index is 0.256. The molecule has 0 radical (unpaired) electrons. The van der Waals surface area contributed by atoms with Gasteiger partial charge in [-0.15, -0.1) is 0 Å². The third-order valence-corrected chi connectivity index (χ3v) is 2.08. The second-order valence-electron chi connectivity index (χ2n) is 2.97. The van der Waals surface area contributed by atoms with Crippen LogP contribution in [-0.4, -0.2) is 9.97 Å². The summed E-state index contributed by atoms with van der Waals surface area (Å²) in [5.74, 6) is 0.256. The van der Waals surface area contributed by atoms with Crippen molar-refractivity contribution < 1.29 is 0 Å². The normalized spacial score (nSPS) is 9.53. The van der Waals surface area contributed by atoms with Gasteiger partial charge in [-0.2, -0.15) is 5.26 Å². The van der Waals surface area contributed by atoms with Gasteiger partial charge in [-0.05, 0) is 23.8 Å². The van der Waals surface area contributed by atoms with Crippen molar-refractivity contribution in [3.63, 3.8) is 0 Å². The summed E-state index contributed by atoms with van der Waals surface area (Å²) in [6.45, 7) is 0. The molecule has 0 saturated carbocycles. The molecular weight excluding hydrogens is 188 g/mol. The molecule has 2 N–H and O–H groups in total. The number of hydrogen-bond acceptors (Lipinski definition) is 4. The van der Waals surface area contributed by atoms with Gasteiger partial charge in [0.25, 0.3) is 0 Å². The zero-order valence-electron chi connectivity index (χ0n) is 7.88. The van der Waals surface area contributed by atoms with Crippen LogP contribution in [0, 0.1) is 11.3 Å². The molecule has 0 aliphatic heterocycles. The van der Waals surface area contributed by atoms with Crippen LogP contribution in [0.25, 0.3) is 11.1 Å². The van der Waals surface area contributed by atoms with Gasteiger partial charge in [0.1, 0.15) is 17.5 Å². The van der Waals surface area contributed by atoms with E-state index in [0.717, 1.165) is 11.1 Å². The molecule has 0 spiro atoms. The van der Waals surface area contributed by atoms with Gasteiger partial charge in [-0.3, -0.25) is 4.98 Å². The molecule has 2 aromatic heterocycles. The first kappa shape index (κ1) is 9.16. The molecule has 4 heteroatoms. The predicted molar refractivity (Wildman–Crippen MR) is 56.6 cm³/mol. The van der Waals surface area contributed by atoms with Gasteiger partial charge in [0.15, 0.2) is 0 Å². The fourth-order valence-electron chi connectivity index (χ4n) is 1.37. The lowest BCUT2D eigenvalue weighted by molar-refractivity contribution is 1.30. The van der Waals surface area contributed by atoms with Crippen LogP contribution in [-0.2, 0) is 0 Å². The number of aromatic nitrogens is 2. The summed E-state index contributed by atoms with van der Waals surface area (Å²) in [5.41, 5.74) is 7.72. The van der Waals surface area contributed by atoms with Crippen LogP contribution in [0.1, 0.15) is 5.56 Å². The molecule has 0 aliphatic carbocycles. The number of nitrogen functional groups attached to an aromatic ring is 1. The summed E-state index contributed by atoms with van der Waals surface area (Å²) in [7, 11) is 0. The Balaban J connectivity index is 2.65. The van der Waals surface area contributed by atoms with E-state index < -0.39 is 0 Å². The van der Waals surface area contributed by atoms with Crippen LogP contribution in [0.15, 0.2) is 36.8 Å². The molecule has 0 aromatic carbocycles. The van der Waals surface area contributed by atoms with E-state index in [0.29, 0.717) is 5.56 Å². The van der Waals surface area contributed by atoms with Gasteiger partial charge < -0.3 is 5.73 Å². The summed E-state index contributed by atoms with van der Waals surface area (Å²) < 4.78 is 0. The predicted octanol–water partition coefficient (Wildman–Crippen LogP) is 1.60. The van der Waals surface area contributed by atoms with Crippen molar-refractivity contribution in [1.82, 2.24) is 9.97 Å². The number of nitriles is 1. The van der Waals surface area contributed by atoms with Crippen LogP contribution < -0.4 is 5.73 Å². The van der Waals surface area contributed by atoms with Gasteiger partial charge in [-0.25, -0.2) is 4.98 Å². The van der Waals surface area contributed by atoms with Crippen molar-refractivity contribution in [3.8, 4) is 17.2 Å². The minimum Gasteiger partial charge on any atom is -0.383 e. The molecular formula is C11H8N4. The van der Waals surface area contributed by atoms with Crippen molar-refractivity contribution in [2.24, 2.45) is 0 Å². The molecule has 0 fully saturated rings. The van der Waals surface area contributed by atoms with Crippen LogP contribution in [0.4, 0.5) is 5.82 Å². The Labute approximate surface area is 87.0 Å². The van der Waals surface area contributed by atoms with E-state index in [2.05, 4.69) is 16.0 Å². The molecule has 0 bridgehead atoms. The van der Waals surface area contributed by atoms with Crippen molar-refractivity contribution in [1.29, 1.82) is 5.26 Å². The highest BCUT2D eigenvalue weighted by molar-refractivity contribution is 5.74. The van der Waals surface area contributed by atoms with Crippen molar-refractivity contribution >= 4 is 5.82 Å². The first-order valence-electron chi connectivity index (χ1n) is 4.38. The van der Waals surface area contributed by atoms with E-state index in [1.807, 2.05) is 12.1 Å². The highest BCUT2D eigenvalue weighted by Crippen LogP contribution is 2.24. The Morgan fingerprint density at radius 3 is 2.53 bits per heavy atom. The summed E-state index contributed by atoms with van der Waals surface area (Å²) in [6, 6.07) is 7.48. The van der Waals surface area contributed by atoms with Gasteiger partial charge in [0, 0.05) is 24.2 Å². The molecule has 0 unspecified atom stereocenters. The highest BCUT2D eigenvalue weighted by atomic mass is 14.8. The zero-order chi connectivity index (χ0) is 10.7. The second kappa shape index (κ2) is 3.76. The number of nitrogens with two attached hydrogens (primary N) is 1. The first-order chi connectivity index (χ1) is 7.33. The number of anilines is 1. The maximum absolute atomic E-state index is 8.97. The number of hydrogen-bond donors (Lipinski definition) is 1. The Morgan fingerprint density at radius 2 is 1.87 bits per heavy atom. The summed E-state index contributed by atoms with van der Waals surface area (Å²) in [4.78, 5) is 7.79. The third-order valence-electron chi connectivity index (χ3n) is 2.08. The highest BCUT2D eigenvalue weighted by Gasteiger charge is 2.07. The molecule has 0 saturated heterocycles. The average molecular weight is 196 g/mol. The van der Waals surface area contributed by atoms with Gasteiger partial charge in [-0.1, -0.05) is 0 Å². The zero-order valence-corrected chi connectivity index (χ0v) is 7.88. The Hall–Kier alpha value is -2.41. The van der Waals surface area contributed by atoms with E-state index in [4.69, 9.17) is 11.0 Å². The van der Waals surface area contributed by atoms with Gasteiger partial charge in [0.05, 0.1) is 0 Å². The van der Waals surface area contributed by atoms with E-state index in [-0.39, 0.29) is 5.82 Å². The Bertz CT molecular complexity index is 514. The van der Waals surface area contributed by atoms with E-state index in [9.17, 15) is 0 Å². The lowest BCUT2D eigenvalue weighted by Crippen LogP contribution is -1.96. The maximum Gasteiger partial charge on any atom is 0.141 e. The monoisotopic (exact) mass is 196 g/mol. The molecule has 2 rings (SSSR count). The topological polar surface area (TPSA) is 75.6 Å². The van der Waals surface area contributed by atoms with Crippen molar-refractivity contribution in [2.75, 3.05) is 5.73 Å². The van der Waals surface area contributed by atoms with Crippen LogP contribution in [0.3, 0.4) is 0 Å². The molecule has 4 nitrogen and oxygen atoms in total. The largest absolute Gasteiger partial charge is 0.383 e. The van der Waals surface area contributed by atoms with E-state index in [1.54, 1.807) is 24.7 Å². The summed E-state index contributed by atoms with van der Waals surface area (Å²) >= 11 is 0. The molecule has 72 valence electrons. The van der Waals surface area contributed by atoms with E-state index >= 15 is 0 Å². The molecule has 2 heterocycles. The molecule has 0 amide bonds. The second-order valence-corrected chi connectivity index (χ2v) is 2.97. The minimum atomic E-state index is 0.256. The molecule has 15 heavy (non-hydrogen) atoms. The molecule has 2 aromatic rings. The summed E-state index contributed by atoms with van der Waals surface area (Å²) in [5, 5.41) is 8.97. The van der Waals surface area contributed by atoms with Crippen LogP contribution in [0.2, 0.25) is 0 Å². The average Bonchev–Trinajstić information content (AvgIpc) is 2.30. The fraction of sp³-hybridized carbons (Fsp3) is 0. The molecule has 0 aliphatic rings. The maximum atomic E-state index is 8.97. The molecule has 0 atom stereocenters. The Kier molecular flexibility index (Phi) is 2.30. The standard InChI is InChI=1S/C11H8N4/c12-7-10-9(3-6-15-11(10)13)8-1-4-14-5-2-8/h1-6H,(H2,13,15). The number of pyridine rings is 2. The third kappa shape index (κ3) is 1.63. The van der Waals surface area contributed by atoms with Gasteiger partial charge in [0.2, 0.25) is 0 Å². The lowest BCUT2D eigenvalue weighted by atomic mass is 10.0. The van der Waals surface area contributed by atoms with E-state index in [1.165, 1.54) is 0 Å². The van der Waals surface area contributed by atoms with Crippen LogP contribution >= 0.6 is 0 Å². The number of nitrogens with zero attached hydrogens (tertiary/aromatic N) is 3.